The monoisotopic (exact) mass is 116 g/mol. The van der Waals surface area contributed by atoms with Crippen LogP contribution in [0.3, 0.4) is 0 Å². The van der Waals surface area contributed by atoms with Crippen molar-refractivity contribution in [3.63, 3.8) is 0 Å². The predicted octanol–water partition coefficient (Wildman–Crippen LogP) is 1.30. The first-order chi connectivity index (χ1) is 3.06. The lowest BCUT2D eigenvalue weighted by Gasteiger charge is -2.04. The molecular weight excluding hydrogens is 104 g/mol. The van der Waals surface area contributed by atoms with Crippen molar-refractivity contribution in [1.29, 1.82) is 0 Å². The van der Waals surface area contributed by atoms with Gasteiger partial charge in [-0.05, 0) is 20.0 Å². The minimum Gasteiger partial charge on any atom is -0.428 e. The molecule has 0 rings (SSSR count). The molecule has 0 aliphatic carbocycles. The average Bonchev–Trinajstić information content (AvgIpc) is 1.30. The van der Waals surface area contributed by atoms with Gasteiger partial charge in [-0.15, -0.1) is 0 Å². The Morgan fingerprint density at radius 1 is 1.43 bits per heavy atom. The summed E-state index contributed by atoms with van der Waals surface area (Å²) in [4.78, 5) is 9.07. The second-order valence-corrected chi connectivity index (χ2v) is 5.79. The molecule has 1 nitrogen and oxygen atoms in total. The zero-order valence-electron chi connectivity index (χ0n) is 5.10. The maximum atomic E-state index is 9.07. The van der Waals surface area contributed by atoms with Gasteiger partial charge in [0.05, 0.1) is 0 Å². The lowest BCUT2D eigenvalue weighted by molar-refractivity contribution is 0.567. The van der Waals surface area contributed by atoms with E-state index >= 15 is 0 Å². The van der Waals surface area contributed by atoms with Crippen LogP contribution in [-0.4, -0.2) is 13.1 Å². The van der Waals surface area contributed by atoms with E-state index in [9.17, 15) is 0 Å². The summed E-state index contributed by atoms with van der Waals surface area (Å²) < 4.78 is 0. The van der Waals surface area contributed by atoms with Gasteiger partial charge in [0.25, 0.3) is 0 Å². The summed E-state index contributed by atoms with van der Waals surface area (Å²) in [5, 5.41) is 0. The molecule has 0 atom stereocenters. The van der Waals surface area contributed by atoms with Gasteiger partial charge in [0.15, 0.2) is 0 Å². The van der Waals surface area contributed by atoms with Crippen molar-refractivity contribution >= 4 is 8.32 Å². The largest absolute Gasteiger partial charge is 0.428 e. The average molecular weight is 116 g/mol. The molecule has 0 aromatic rings. The first kappa shape index (κ1) is 6.92. The Hall–Kier alpha value is -0.0831. The molecule has 0 aromatic heterocycles. The molecule has 0 heterocycles. The smallest absolute Gasteiger partial charge is 0.206 e. The van der Waals surface area contributed by atoms with Crippen molar-refractivity contribution < 1.29 is 4.80 Å². The minimum absolute atomic E-state index is 1.84. The van der Waals surface area contributed by atoms with Gasteiger partial charge < -0.3 is 4.80 Å². The third kappa shape index (κ3) is 5.92. The van der Waals surface area contributed by atoms with E-state index in [1.54, 1.807) is 0 Å². The number of allylic oxidation sites excluding steroid dienone is 1. The third-order valence-electron chi connectivity index (χ3n) is 0.575. The maximum absolute atomic E-state index is 9.07. The molecule has 42 valence electrons. The van der Waals surface area contributed by atoms with E-state index in [0.29, 0.717) is 0 Å². The molecule has 0 aliphatic heterocycles. The van der Waals surface area contributed by atoms with Crippen LogP contribution in [0.4, 0.5) is 0 Å². The molecule has 7 heavy (non-hydrogen) atoms. The minimum atomic E-state index is -1.84. The van der Waals surface area contributed by atoms with Gasteiger partial charge in [-0.3, -0.25) is 0 Å². The van der Waals surface area contributed by atoms with E-state index in [1.807, 2.05) is 31.8 Å². The van der Waals surface area contributed by atoms with Gasteiger partial charge in [0.2, 0.25) is 8.32 Å². The Morgan fingerprint density at radius 3 is 1.86 bits per heavy atom. The van der Waals surface area contributed by atoms with E-state index in [0.717, 1.165) is 0 Å². The number of hydrogen-bond acceptors (Lipinski definition) is 1. The van der Waals surface area contributed by atoms with Crippen molar-refractivity contribution in [2.24, 2.45) is 0 Å². The number of rotatable bonds is 1. The highest BCUT2D eigenvalue weighted by Gasteiger charge is 2.08. The number of hydrogen-bond donors (Lipinski definition) is 1. The molecule has 0 radical (unpaired) electrons. The van der Waals surface area contributed by atoms with Crippen LogP contribution < -0.4 is 0 Å². The lowest BCUT2D eigenvalue weighted by Crippen LogP contribution is -2.20. The van der Waals surface area contributed by atoms with E-state index in [4.69, 9.17) is 4.80 Å². The Balaban J connectivity index is 3.56. The highest BCUT2D eigenvalue weighted by atomic mass is 28.4. The molecule has 2 heteroatoms. The summed E-state index contributed by atoms with van der Waals surface area (Å²) in [6.45, 7) is 5.69. The van der Waals surface area contributed by atoms with Crippen LogP contribution in [0.5, 0.6) is 0 Å². The Labute approximate surface area is 45.8 Å². The molecule has 1 N–H and O–H groups in total. The van der Waals surface area contributed by atoms with E-state index < -0.39 is 8.32 Å². The first-order valence-electron chi connectivity index (χ1n) is 2.42. The molecule has 0 aromatic carbocycles. The summed E-state index contributed by atoms with van der Waals surface area (Å²) in [7, 11) is -1.84. The molecule has 0 fully saturated rings. The quantitative estimate of drug-likeness (QED) is 0.512. The molecular formula is C5H12OSi. The van der Waals surface area contributed by atoms with Crippen molar-refractivity contribution in [2.45, 2.75) is 20.0 Å². The molecule has 0 amide bonds. The van der Waals surface area contributed by atoms with Crippen LogP contribution in [0.1, 0.15) is 6.92 Å². The van der Waals surface area contributed by atoms with Gasteiger partial charge in [0, 0.05) is 0 Å². The van der Waals surface area contributed by atoms with Crippen LogP contribution in [0.15, 0.2) is 11.8 Å². The standard InChI is InChI=1S/C5H12OSi/c1-4-5-7(2,3)6/h4-6H,1-3H3/b5-4+. The van der Waals surface area contributed by atoms with Crippen LogP contribution in [-0.2, 0) is 0 Å². The highest BCUT2D eigenvalue weighted by Crippen LogP contribution is 1.95. The molecule has 0 spiro atoms. The van der Waals surface area contributed by atoms with Crippen molar-refractivity contribution in [2.75, 3.05) is 0 Å². The molecule has 0 unspecified atom stereocenters. The molecule has 0 bridgehead atoms. The topological polar surface area (TPSA) is 20.2 Å². The van der Waals surface area contributed by atoms with Gasteiger partial charge in [0.1, 0.15) is 0 Å². The highest BCUT2D eigenvalue weighted by molar-refractivity contribution is 6.74. The molecule has 0 saturated carbocycles. The van der Waals surface area contributed by atoms with Gasteiger partial charge in [-0.1, -0.05) is 11.8 Å². The third-order valence-corrected chi connectivity index (χ3v) is 1.72. The second kappa shape index (κ2) is 2.28. The first-order valence-corrected chi connectivity index (χ1v) is 5.45. The van der Waals surface area contributed by atoms with Gasteiger partial charge in [-0.2, -0.15) is 0 Å². The van der Waals surface area contributed by atoms with Crippen molar-refractivity contribution in [1.82, 2.24) is 0 Å². The van der Waals surface area contributed by atoms with Gasteiger partial charge >= 0.3 is 0 Å². The second-order valence-electron chi connectivity index (χ2n) is 2.15. The fourth-order valence-electron chi connectivity index (χ4n) is 0.408. The SMILES string of the molecule is C/C=C/[Si](C)(C)O. The van der Waals surface area contributed by atoms with Crippen molar-refractivity contribution in [3.05, 3.63) is 11.8 Å². The molecule has 0 saturated heterocycles. The fraction of sp³-hybridized carbons (Fsp3) is 0.600. The van der Waals surface area contributed by atoms with Crippen LogP contribution in [0, 0.1) is 0 Å². The van der Waals surface area contributed by atoms with Crippen LogP contribution in [0.2, 0.25) is 13.1 Å². The van der Waals surface area contributed by atoms with Crippen LogP contribution in [0.25, 0.3) is 0 Å². The summed E-state index contributed by atoms with van der Waals surface area (Å²) in [6.07, 6.45) is 1.90. The van der Waals surface area contributed by atoms with Gasteiger partial charge in [-0.25, -0.2) is 0 Å². The van der Waals surface area contributed by atoms with E-state index in [-0.39, 0.29) is 0 Å². The summed E-state index contributed by atoms with van der Waals surface area (Å²) >= 11 is 0. The zero-order valence-corrected chi connectivity index (χ0v) is 6.10. The normalized spacial score (nSPS) is 13.1. The van der Waals surface area contributed by atoms with Crippen molar-refractivity contribution in [3.8, 4) is 0 Å². The Bertz CT molecular complexity index is 70.6. The van der Waals surface area contributed by atoms with E-state index in [1.165, 1.54) is 0 Å². The summed E-state index contributed by atoms with van der Waals surface area (Å²) in [6, 6.07) is 0. The Morgan fingerprint density at radius 2 is 1.86 bits per heavy atom. The maximum Gasteiger partial charge on any atom is 0.206 e. The summed E-state index contributed by atoms with van der Waals surface area (Å²) in [5.41, 5.74) is 1.88. The molecule has 0 aliphatic rings. The lowest BCUT2D eigenvalue weighted by atomic mass is 10.8. The predicted molar refractivity (Wildman–Crippen MR) is 34.5 cm³/mol. The van der Waals surface area contributed by atoms with Crippen LogP contribution >= 0.6 is 0 Å². The van der Waals surface area contributed by atoms with E-state index in [2.05, 4.69) is 0 Å². The fourth-order valence-corrected chi connectivity index (χ4v) is 1.22. The Kier molecular flexibility index (Phi) is 2.26. The summed E-state index contributed by atoms with van der Waals surface area (Å²) in [5.74, 6) is 0. The zero-order chi connectivity index (χ0) is 5.91.